The molecule has 13 heavy (non-hydrogen) atoms. The zero-order valence-corrected chi connectivity index (χ0v) is 8.71. The van der Waals surface area contributed by atoms with Gasteiger partial charge in [-0.2, -0.15) is 0 Å². The fourth-order valence-electron chi connectivity index (χ4n) is 1.29. The van der Waals surface area contributed by atoms with Crippen molar-refractivity contribution in [2.75, 3.05) is 7.11 Å². The summed E-state index contributed by atoms with van der Waals surface area (Å²) in [5.74, 6) is 0.853. The lowest BCUT2D eigenvalue weighted by Crippen LogP contribution is -1.86. The van der Waals surface area contributed by atoms with Crippen LogP contribution in [0.1, 0.15) is 0 Å². The van der Waals surface area contributed by atoms with E-state index in [-0.39, 0.29) is 0 Å². The third-order valence-corrected chi connectivity index (χ3v) is 2.54. The number of rotatable bonds is 1. The summed E-state index contributed by atoms with van der Waals surface area (Å²) < 4.78 is 6.21. The molecule has 2 rings (SSSR count). The van der Waals surface area contributed by atoms with E-state index in [1.807, 2.05) is 24.3 Å². The maximum absolute atomic E-state index is 5.22. The van der Waals surface area contributed by atoms with E-state index in [4.69, 9.17) is 4.74 Å². The van der Waals surface area contributed by atoms with Gasteiger partial charge in [-0.25, -0.2) is 0 Å². The molecule has 0 radical (unpaired) electrons. The van der Waals surface area contributed by atoms with Crippen molar-refractivity contribution in [1.29, 1.82) is 0 Å². The quantitative estimate of drug-likeness (QED) is 0.761. The third kappa shape index (κ3) is 1.40. The number of ether oxygens (including phenoxy) is 1. The molecule has 0 saturated heterocycles. The first kappa shape index (κ1) is 8.51. The molecule has 1 aromatic carbocycles. The Kier molecular flexibility index (Phi) is 2.19. The van der Waals surface area contributed by atoms with Crippen LogP contribution in [0.15, 0.2) is 34.9 Å². The molecule has 66 valence electrons. The standard InChI is InChI=1S/C10H8BrNO/c1-13-9-5-4-8(11)10-7(9)3-2-6-12-10/h2-6H,1H3. The second kappa shape index (κ2) is 3.34. The van der Waals surface area contributed by atoms with Crippen LogP contribution in [-0.2, 0) is 0 Å². The van der Waals surface area contributed by atoms with Gasteiger partial charge in [-0.05, 0) is 40.2 Å². The highest BCUT2D eigenvalue weighted by Crippen LogP contribution is 2.29. The molecular weight excluding hydrogens is 230 g/mol. The zero-order chi connectivity index (χ0) is 9.26. The van der Waals surface area contributed by atoms with Gasteiger partial charge >= 0.3 is 0 Å². The molecule has 0 fully saturated rings. The van der Waals surface area contributed by atoms with Crippen LogP contribution in [-0.4, -0.2) is 12.1 Å². The van der Waals surface area contributed by atoms with Crippen molar-refractivity contribution in [1.82, 2.24) is 4.98 Å². The summed E-state index contributed by atoms with van der Waals surface area (Å²) in [6.45, 7) is 0. The van der Waals surface area contributed by atoms with Gasteiger partial charge < -0.3 is 4.74 Å². The predicted octanol–water partition coefficient (Wildman–Crippen LogP) is 3.01. The number of hydrogen-bond acceptors (Lipinski definition) is 2. The molecule has 0 atom stereocenters. The molecule has 0 amide bonds. The van der Waals surface area contributed by atoms with Crippen LogP contribution in [0.25, 0.3) is 10.9 Å². The molecule has 1 heterocycles. The van der Waals surface area contributed by atoms with Crippen molar-refractivity contribution < 1.29 is 4.74 Å². The number of methoxy groups -OCH3 is 1. The summed E-state index contributed by atoms with van der Waals surface area (Å²) >= 11 is 3.44. The van der Waals surface area contributed by atoms with E-state index in [9.17, 15) is 0 Å². The van der Waals surface area contributed by atoms with Crippen LogP contribution in [0, 0.1) is 0 Å². The molecule has 0 aliphatic rings. The topological polar surface area (TPSA) is 22.1 Å². The lowest BCUT2D eigenvalue weighted by molar-refractivity contribution is 0.419. The Morgan fingerprint density at radius 3 is 2.92 bits per heavy atom. The van der Waals surface area contributed by atoms with Crippen molar-refractivity contribution in [2.45, 2.75) is 0 Å². The van der Waals surface area contributed by atoms with E-state index in [1.54, 1.807) is 13.3 Å². The average Bonchev–Trinajstić information content (AvgIpc) is 2.19. The monoisotopic (exact) mass is 237 g/mol. The summed E-state index contributed by atoms with van der Waals surface area (Å²) in [4.78, 5) is 4.26. The van der Waals surface area contributed by atoms with Crippen LogP contribution >= 0.6 is 15.9 Å². The molecule has 0 spiro atoms. The minimum atomic E-state index is 0.853. The molecular formula is C10H8BrNO. The highest BCUT2D eigenvalue weighted by Gasteiger charge is 2.03. The Labute approximate surface area is 84.7 Å². The average molecular weight is 238 g/mol. The molecule has 0 N–H and O–H groups in total. The van der Waals surface area contributed by atoms with Crippen molar-refractivity contribution in [3.63, 3.8) is 0 Å². The van der Waals surface area contributed by atoms with Gasteiger partial charge in [0.05, 0.1) is 12.6 Å². The fraction of sp³-hybridized carbons (Fsp3) is 0.100. The lowest BCUT2D eigenvalue weighted by atomic mass is 10.2. The van der Waals surface area contributed by atoms with Crippen molar-refractivity contribution in [3.8, 4) is 5.75 Å². The van der Waals surface area contributed by atoms with E-state index >= 15 is 0 Å². The number of hydrogen-bond donors (Lipinski definition) is 0. The maximum atomic E-state index is 5.22. The molecule has 0 saturated carbocycles. The zero-order valence-electron chi connectivity index (χ0n) is 7.12. The summed E-state index contributed by atoms with van der Waals surface area (Å²) in [6.07, 6.45) is 1.77. The first-order chi connectivity index (χ1) is 6.33. The van der Waals surface area contributed by atoms with Gasteiger partial charge in [0.1, 0.15) is 5.75 Å². The van der Waals surface area contributed by atoms with Crippen LogP contribution in [0.4, 0.5) is 0 Å². The Morgan fingerprint density at radius 1 is 1.31 bits per heavy atom. The highest BCUT2D eigenvalue weighted by atomic mass is 79.9. The smallest absolute Gasteiger partial charge is 0.128 e. The van der Waals surface area contributed by atoms with E-state index in [0.717, 1.165) is 21.1 Å². The Balaban J connectivity index is 2.84. The van der Waals surface area contributed by atoms with E-state index in [2.05, 4.69) is 20.9 Å². The molecule has 0 aliphatic carbocycles. The van der Waals surface area contributed by atoms with Gasteiger partial charge in [-0.1, -0.05) is 0 Å². The minimum Gasteiger partial charge on any atom is -0.496 e. The molecule has 0 aliphatic heterocycles. The van der Waals surface area contributed by atoms with Gasteiger partial charge in [0.2, 0.25) is 0 Å². The number of benzene rings is 1. The van der Waals surface area contributed by atoms with Crippen LogP contribution < -0.4 is 4.74 Å². The van der Waals surface area contributed by atoms with E-state index in [1.165, 1.54) is 0 Å². The van der Waals surface area contributed by atoms with Crippen LogP contribution in [0.3, 0.4) is 0 Å². The third-order valence-electron chi connectivity index (χ3n) is 1.90. The fourth-order valence-corrected chi connectivity index (χ4v) is 1.74. The van der Waals surface area contributed by atoms with E-state index in [0.29, 0.717) is 0 Å². The van der Waals surface area contributed by atoms with Gasteiger partial charge in [0, 0.05) is 16.1 Å². The summed E-state index contributed by atoms with van der Waals surface area (Å²) in [5, 5.41) is 1.03. The highest BCUT2D eigenvalue weighted by molar-refractivity contribution is 9.10. The van der Waals surface area contributed by atoms with Crippen LogP contribution in [0.2, 0.25) is 0 Å². The van der Waals surface area contributed by atoms with E-state index < -0.39 is 0 Å². The minimum absolute atomic E-state index is 0.853. The Morgan fingerprint density at radius 2 is 2.15 bits per heavy atom. The normalized spacial score (nSPS) is 10.3. The molecule has 2 aromatic rings. The summed E-state index contributed by atoms with van der Waals surface area (Å²) in [6, 6.07) is 7.76. The molecule has 2 nitrogen and oxygen atoms in total. The number of pyridine rings is 1. The SMILES string of the molecule is COc1ccc(Br)c2ncccc12. The lowest BCUT2D eigenvalue weighted by Gasteiger charge is -2.05. The Bertz CT molecular complexity index is 442. The molecule has 0 bridgehead atoms. The van der Waals surface area contributed by atoms with Gasteiger partial charge in [0.25, 0.3) is 0 Å². The first-order valence-electron chi connectivity index (χ1n) is 3.90. The number of fused-ring (bicyclic) bond motifs is 1. The van der Waals surface area contributed by atoms with Gasteiger partial charge in [-0.15, -0.1) is 0 Å². The molecule has 0 unspecified atom stereocenters. The number of halogens is 1. The van der Waals surface area contributed by atoms with Gasteiger partial charge in [0.15, 0.2) is 0 Å². The molecule has 1 aromatic heterocycles. The predicted molar refractivity (Wildman–Crippen MR) is 56.0 cm³/mol. The van der Waals surface area contributed by atoms with Crippen molar-refractivity contribution >= 4 is 26.8 Å². The van der Waals surface area contributed by atoms with Gasteiger partial charge in [-0.3, -0.25) is 4.98 Å². The first-order valence-corrected chi connectivity index (χ1v) is 4.69. The summed E-state index contributed by atoms with van der Waals surface area (Å²) in [5.41, 5.74) is 0.932. The largest absolute Gasteiger partial charge is 0.496 e. The maximum Gasteiger partial charge on any atom is 0.128 e. The van der Waals surface area contributed by atoms with Crippen molar-refractivity contribution in [3.05, 3.63) is 34.9 Å². The Hall–Kier alpha value is -1.09. The summed E-state index contributed by atoms with van der Waals surface area (Å²) in [7, 11) is 1.66. The number of nitrogens with zero attached hydrogens (tertiary/aromatic N) is 1. The second-order valence-electron chi connectivity index (χ2n) is 2.65. The number of aromatic nitrogens is 1. The van der Waals surface area contributed by atoms with Crippen molar-refractivity contribution in [2.24, 2.45) is 0 Å². The van der Waals surface area contributed by atoms with Crippen LogP contribution in [0.5, 0.6) is 5.75 Å². The molecule has 3 heteroatoms. The second-order valence-corrected chi connectivity index (χ2v) is 3.50.